The maximum absolute atomic E-state index is 13.9. The molecule has 0 spiro atoms. The second-order valence-corrected chi connectivity index (χ2v) is 14.6. The number of hydrogen-bond acceptors (Lipinski definition) is 2. The molecule has 0 atom stereocenters. The Morgan fingerprint density at radius 1 is 0.596 bits per heavy atom. The van der Waals surface area contributed by atoms with Crippen LogP contribution in [0.25, 0.3) is 21.8 Å². The molecular weight excluding hydrogens is 670 g/mol. The summed E-state index contributed by atoms with van der Waals surface area (Å²) in [5.41, 5.74) is 9.12. The van der Waals surface area contributed by atoms with Crippen molar-refractivity contribution in [2.45, 2.75) is 92.9 Å². The first-order valence-electron chi connectivity index (χ1n) is 16.9. The van der Waals surface area contributed by atoms with E-state index in [-0.39, 0.29) is 28.3 Å². The zero-order chi connectivity index (χ0) is 33.3. The van der Waals surface area contributed by atoms with Crippen molar-refractivity contribution in [1.29, 1.82) is 0 Å². The minimum absolute atomic E-state index is 0. The van der Waals surface area contributed by atoms with E-state index < -0.39 is 5.41 Å². The molecule has 1 fully saturated rings. The number of para-hydroxylation sites is 4. The van der Waals surface area contributed by atoms with Gasteiger partial charge in [0.25, 0.3) is 0 Å². The molecule has 0 saturated carbocycles. The van der Waals surface area contributed by atoms with Crippen molar-refractivity contribution in [3.63, 3.8) is 0 Å². The molecule has 1 aliphatic heterocycles. The molecule has 0 aliphatic carbocycles. The van der Waals surface area contributed by atoms with E-state index in [1.54, 1.807) is 0 Å². The van der Waals surface area contributed by atoms with Crippen LogP contribution in [0.5, 0.6) is 0 Å². The molecule has 4 nitrogen and oxygen atoms in total. The number of nitrogens with zero attached hydrogens (tertiary/aromatic N) is 3. The van der Waals surface area contributed by atoms with Gasteiger partial charge in [0.15, 0.2) is 0 Å². The number of aromatic nitrogens is 1. The fourth-order valence-electron chi connectivity index (χ4n) is 6.71. The van der Waals surface area contributed by atoms with E-state index in [1.165, 1.54) is 38.7 Å². The molecule has 5 aromatic rings. The Labute approximate surface area is 298 Å². The van der Waals surface area contributed by atoms with Crippen molar-refractivity contribution in [2.75, 3.05) is 16.3 Å². The average molecular weight is 722 g/mol. The number of fused-ring (bicyclic) bond motifs is 3. The smallest absolute Gasteiger partial charge is 0.206 e. The first kappa shape index (κ1) is 36.5. The van der Waals surface area contributed by atoms with Crippen LogP contribution in [0.1, 0.15) is 115 Å². The summed E-state index contributed by atoms with van der Waals surface area (Å²) >= 11 is 0. The Kier molecular flexibility index (Phi) is 11.5. The number of anilines is 2. The molecule has 1 aromatic heterocycles. The Morgan fingerprint density at radius 2 is 0.979 bits per heavy atom. The van der Waals surface area contributed by atoms with Crippen molar-refractivity contribution >= 4 is 39.1 Å². The van der Waals surface area contributed by atoms with Gasteiger partial charge in [0.05, 0.1) is 5.41 Å². The van der Waals surface area contributed by atoms with Crippen molar-refractivity contribution in [3.8, 4) is 0 Å². The Morgan fingerprint density at radius 3 is 1.38 bits per heavy atom. The standard InChI is InChI=1S/C30H43N2O.C12H8N.Ag/c1-19(2)23-13-11-14-24(20(3)4)27(23)31-17-30(9,10)29(33)32(18-31)28-25(21(5)6)15-12-16-26(28)22(7)8;1-3-7-11-9(5-1)10-6-2-4-8-12(10)13-11;/h11-16,18-22H,17H2,1-10H3;1-8H;/q2*-1;. The van der Waals surface area contributed by atoms with Crippen molar-refractivity contribution in [1.82, 2.24) is 4.98 Å². The first-order valence-corrected chi connectivity index (χ1v) is 16.9. The van der Waals surface area contributed by atoms with Crippen LogP contribution in [0, 0.1) is 12.1 Å². The molecule has 0 bridgehead atoms. The molecule has 2 heterocycles. The van der Waals surface area contributed by atoms with Crippen LogP contribution in [0.2, 0.25) is 0 Å². The maximum atomic E-state index is 13.9. The van der Waals surface area contributed by atoms with Gasteiger partial charge >= 0.3 is 0 Å². The number of rotatable bonds is 6. The van der Waals surface area contributed by atoms with Crippen LogP contribution in [-0.2, 0) is 27.2 Å². The molecule has 1 saturated heterocycles. The van der Waals surface area contributed by atoms with Gasteiger partial charge in [0, 0.05) is 40.3 Å². The zero-order valence-corrected chi connectivity index (χ0v) is 31.2. The van der Waals surface area contributed by atoms with E-state index >= 15 is 0 Å². The SMILES string of the molecule is CC(C)c1cccc(C(C)C)c1N1[CH-]N(c2c(C(C)C)cccc2C(C)C)C(=O)C(C)(C)C1.[Ag].c1ccc2c(c1)[n-]c1ccccc12. The number of carbonyl (C=O) groups is 1. The van der Waals surface area contributed by atoms with E-state index in [4.69, 9.17) is 0 Å². The third-order valence-corrected chi connectivity index (χ3v) is 9.17. The molecular formula is C42H51AgN3O-2. The summed E-state index contributed by atoms with van der Waals surface area (Å²) in [4.78, 5) is 22.7. The van der Waals surface area contributed by atoms with E-state index in [0.29, 0.717) is 30.2 Å². The zero-order valence-electron chi connectivity index (χ0n) is 29.7. The van der Waals surface area contributed by atoms with Gasteiger partial charge in [-0.15, -0.1) is 17.7 Å². The second kappa shape index (κ2) is 14.8. The summed E-state index contributed by atoms with van der Waals surface area (Å²) < 4.78 is 0. The van der Waals surface area contributed by atoms with Crippen molar-refractivity contribution in [2.24, 2.45) is 5.41 Å². The van der Waals surface area contributed by atoms with Crippen LogP contribution < -0.4 is 14.8 Å². The fraction of sp³-hybridized carbons (Fsp3) is 0.381. The summed E-state index contributed by atoms with van der Waals surface area (Å²) in [5.74, 6) is 1.62. The van der Waals surface area contributed by atoms with Gasteiger partial charge < -0.3 is 14.8 Å². The van der Waals surface area contributed by atoms with Gasteiger partial charge in [-0.1, -0.05) is 140 Å². The summed E-state index contributed by atoms with van der Waals surface area (Å²) in [5, 5.41) is 2.50. The van der Waals surface area contributed by atoms with Crippen LogP contribution >= 0.6 is 0 Å². The quantitative estimate of drug-likeness (QED) is 0.129. The van der Waals surface area contributed by atoms with Gasteiger partial charge in [0.2, 0.25) is 5.91 Å². The van der Waals surface area contributed by atoms with Crippen LogP contribution in [0.3, 0.4) is 0 Å². The largest absolute Gasteiger partial charge is 0.657 e. The predicted molar refractivity (Wildman–Crippen MR) is 197 cm³/mol. The van der Waals surface area contributed by atoms with Gasteiger partial charge in [-0.25, -0.2) is 0 Å². The van der Waals surface area contributed by atoms with E-state index in [0.717, 1.165) is 16.7 Å². The minimum Gasteiger partial charge on any atom is -0.657 e. The van der Waals surface area contributed by atoms with Crippen molar-refractivity contribution < 1.29 is 27.2 Å². The van der Waals surface area contributed by atoms with Crippen LogP contribution in [0.15, 0.2) is 84.9 Å². The molecule has 1 radical (unpaired) electrons. The van der Waals surface area contributed by atoms with Gasteiger partial charge in [0.1, 0.15) is 0 Å². The Balaban J connectivity index is 0.000000294. The first-order chi connectivity index (χ1) is 21.8. The Bertz CT molecular complexity index is 1730. The van der Waals surface area contributed by atoms with Crippen LogP contribution in [-0.4, -0.2) is 12.5 Å². The topological polar surface area (TPSA) is 37.7 Å². The van der Waals surface area contributed by atoms with Gasteiger partial charge in [-0.05, 0) is 70.5 Å². The van der Waals surface area contributed by atoms with Gasteiger partial charge in [-0.3, -0.25) is 4.79 Å². The van der Waals surface area contributed by atoms with E-state index in [9.17, 15) is 4.79 Å². The summed E-state index contributed by atoms with van der Waals surface area (Å²) in [6, 6.07) is 29.6. The maximum Gasteiger partial charge on any atom is 0.206 e. The number of amides is 1. The molecule has 5 heteroatoms. The molecule has 1 aliphatic rings. The number of carbonyl (C=O) groups excluding carboxylic acids is 1. The summed E-state index contributed by atoms with van der Waals surface area (Å²) in [7, 11) is 0. The average Bonchev–Trinajstić information content (AvgIpc) is 3.40. The molecule has 4 aromatic carbocycles. The molecule has 1 amide bonds. The van der Waals surface area contributed by atoms with Crippen molar-refractivity contribution in [3.05, 3.63) is 114 Å². The number of hydrogen-bond donors (Lipinski definition) is 0. The molecule has 0 N–H and O–H groups in total. The number of benzene rings is 4. The summed E-state index contributed by atoms with van der Waals surface area (Å²) in [6.45, 7) is 24.8. The normalized spacial score (nSPS) is 14.7. The molecule has 0 unspecified atom stereocenters. The van der Waals surface area contributed by atoms with Gasteiger partial charge in [-0.2, -0.15) is 0 Å². The molecule has 6 rings (SSSR count). The Hall–Kier alpha value is -3.31. The minimum atomic E-state index is -0.509. The third-order valence-electron chi connectivity index (χ3n) is 9.17. The summed E-state index contributed by atoms with van der Waals surface area (Å²) in [6.07, 6.45) is 0. The predicted octanol–water partition coefficient (Wildman–Crippen LogP) is 11.1. The molecule has 47 heavy (non-hydrogen) atoms. The van der Waals surface area contributed by atoms with E-state index in [2.05, 4.69) is 159 Å². The van der Waals surface area contributed by atoms with E-state index in [1.807, 2.05) is 17.0 Å². The third kappa shape index (κ3) is 7.41. The van der Waals surface area contributed by atoms with Crippen LogP contribution in [0.4, 0.5) is 11.4 Å². The fourth-order valence-corrected chi connectivity index (χ4v) is 6.71. The second-order valence-electron chi connectivity index (χ2n) is 14.6. The monoisotopic (exact) mass is 720 g/mol. The molecule has 253 valence electrons.